The molecular weight excluding hydrogens is 1620 g/mol. The molecule has 0 atom stereocenters. The Bertz CT molecular complexity index is 1180. The molecule has 0 aromatic heterocycles. The molecule has 0 aliphatic heterocycles. The maximum Gasteiger partial charge on any atom is 4.00 e. The quantitative estimate of drug-likeness (QED) is 0.104. The van der Waals surface area contributed by atoms with Gasteiger partial charge < -0.3 is 74.8 Å². The van der Waals surface area contributed by atoms with E-state index in [1.54, 1.807) is 0 Å². The second-order valence-electron chi connectivity index (χ2n) is 7.43. The van der Waals surface area contributed by atoms with Gasteiger partial charge in [-0.1, -0.05) is 190 Å². The van der Waals surface area contributed by atoms with Crippen LogP contribution in [0.5, 0.6) is 0 Å². The number of carbonyl (C=O) groups excluding carboxylic acids is 7. The van der Waals surface area contributed by atoms with E-state index in [0.29, 0.717) is 0 Å². The molecule has 0 aliphatic carbocycles. The van der Waals surface area contributed by atoms with Crippen molar-refractivity contribution in [2.45, 2.75) is 31.2 Å². The van der Waals surface area contributed by atoms with Crippen molar-refractivity contribution in [2.24, 2.45) is 0 Å². The Morgan fingerprint density at radius 2 is 0.288 bits per heavy atom. The smallest absolute Gasteiger partial charge is 0.545 e. The molecule has 0 heterocycles. The Balaban J connectivity index is -0.0000000688. The topological polar surface area (TPSA) is 335 Å². The fraction of sp³-hybridized carbons (Fsp3) is 0.500. The van der Waals surface area contributed by atoms with E-state index in [2.05, 4.69) is 0 Å². The van der Waals surface area contributed by atoms with Gasteiger partial charge in [-0.25, -0.2) is 0 Å². The van der Waals surface area contributed by atoms with Crippen molar-refractivity contribution >= 4 is 386 Å². The molecule has 386 valence electrons. The Labute approximate surface area is 538 Å². The second kappa shape index (κ2) is 42.5. The molecule has 66 heavy (non-hydrogen) atoms. The van der Waals surface area contributed by atoms with E-state index in [-0.39, 0.29) is 76.6 Å². The Kier molecular flexibility index (Phi) is 60.5. The van der Waals surface area contributed by atoms with Gasteiger partial charge in [0.05, 0.1) is 41.8 Å². The van der Waals surface area contributed by atoms with E-state index in [1.807, 2.05) is 0 Å². The zero-order valence-corrected chi connectivity index (χ0v) is 52.8. The minimum atomic E-state index is -2.39. The summed E-state index contributed by atoms with van der Waals surface area (Å²) in [5.41, 5.74) is 0. The number of nitrogens with zero attached hydrogens (tertiary/aromatic N) is 7. The van der Waals surface area contributed by atoms with Crippen LogP contribution >= 0.6 is 327 Å². The summed E-state index contributed by atoms with van der Waals surface area (Å²) < 4.78 is -16.2. The molecule has 0 saturated heterocycles. The average molecular weight is 1620 g/mol. The van der Waals surface area contributed by atoms with E-state index in [0.717, 1.165) is 0 Å². The molecule has 0 aromatic rings. The summed E-state index contributed by atoms with van der Waals surface area (Å²) in [6.07, 6.45) is 0. The first-order chi connectivity index (χ1) is 27.2. The zero-order valence-electron chi connectivity index (χ0n) is 28.0. The first-order valence-corrected chi connectivity index (χ1v) is 21.2. The molecule has 0 rings (SSSR count). The fourth-order valence-electron chi connectivity index (χ4n) is 0.483. The Morgan fingerprint density at radius 1 is 0.242 bits per heavy atom. The van der Waals surface area contributed by atoms with Crippen molar-refractivity contribution in [1.82, 2.24) is 27.6 Å². The van der Waals surface area contributed by atoms with E-state index < -0.39 is 73.0 Å². The van der Waals surface area contributed by atoms with E-state index >= 15 is 0 Å². The summed E-state index contributed by atoms with van der Waals surface area (Å²) in [6.45, 7) is 0. The van der Waals surface area contributed by atoms with Crippen LogP contribution in [0.15, 0.2) is 0 Å². The standard InChI is InChI=1S/7C2HCl4NO2.Al.H2O.Zr/c7*3-2(4,1(8)9)7(5)6;;;/h7*(H,8,9);;1H2;/q;;;;;;;+3;;+4/p-7. The molecule has 0 saturated carbocycles. The van der Waals surface area contributed by atoms with Gasteiger partial charge in [-0.2, -0.15) is 0 Å². The van der Waals surface area contributed by atoms with Gasteiger partial charge in [-0.15, -0.1) is 0 Å². The number of halogens is 28. The Hall–Kier alpha value is 5.51. The summed E-state index contributed by atoms with van der Waals surface area (Å²) in [5, 5.41) is 69.1. The molecule has 0 radical (unpaired) electrons. The molecule has 0 fully saturated rings. The number of aliphatic carboxylic acids is 7. The van der Waals surface area contributed by atoms with Crippen molar-refractivity contribution in [3.05, 3.63) is 0 Å². The van der Waals surface area contributed by atoms with Crippen LogP contribution in [-0.2, 0) is 59.8 Å². The minimum Gasteiger partial charge on any atom is -0.545 e. The molecule has 0 bridgehead atoms. The SMILES string of the molecule is O.O=C([O-])C(Cl)(Cl)N(Cl)Cl.O=C([O-])C(Cl)(Cl)N(Cl)Cl.O=C([O-])C(Cl)(Cl)N(Cl)Cl.O=C([O-])C(Cl)(Cl)N(Cl)Cl.O=C([O-])C(Cl)(Cl)N(Cl)Cl.O=C([O-])C(Cl)(Cl)N(Cl)Cl.O=C([O-])C(Cl)(Cl)N(Cl)Cl.[Al+3].[Zr+4]. The van der Waals surface area contributed by atoms with Gasteiger partial charge in [0.1, 0.15) is 0 Å². The number of carboxylic acid groups (broad SMARTS) is 7. The van der Waals surface area contributed by atoms with Crippen molar-refractivity contribution in [2.75, 3.05) is 0 Å². The third-order valence-corrected chi connectivity index (χ3v) is 13.7. The predicted octanol–water partition coefficient (Wildman–Crippen LogP) is 2.13. The molecule has 2 N–H and O–H groups in total. The fourth-order valence-corrected chi connectivity index (χ4v) is 1.45. The molecule has 0 amide bonds. The second-order valence-corrected chi connectivity index (χ2v) is 22.4. The van der Waals surface area contributed by atoms with Crippen molar-refractivity contribution in [1.29, 1.82) is 0 Å². The number of hydrogen-bond acceptors (Lipinski definition) is 21. The van der Waals surface area contributed by atoms with Gasteiger partial charge >= 0.3 is 43.6 Å². The van der Waals surface area contributed by atoms with Crippen LogP contribution < -0.4 is 35.7 Å². The first-order valence-electron chi connectivity index (χ1n) is 11.2. The number of carboxylic acids is 7. The number of rotatable bonds is 14. The normalized spacial score (nSPS) is 11.6. The summed E-state index contributed by atoms with van der Waals surface area (Å²) in [6, 6.07) is 0. The number of carbonyl (C=O) groups is 7. The first kappa shape index (κ1) is 94.0. The van der Waals surface area contributed by atoms with Crippen LogP contribution in [-0.4, -0.2) is 123 Å². The summed E-state index contributed by atoms with van der Waals surface area (Å²) in [7, 11) is 0. The maximum absolute atomic E-state index is 9.88. The summed E-state index contributed by atoms with van der Waals surface area (Å²) in [4.78, 5) is 69.1. The molecule has 0 unspecified atom stereocenters. The number of hydrogen-bond donors (Lipinski definition) is 0. The third-order valence-electron chi connectivity index (χ3n) is 3.21. The van der Waals surface area contributed by atoms with Crippen LogP contribution in [0.25, 0.3) is 0 Å². The van der Waals surface area contributed by atoms with Gasteiger partial charge in [0.2, 0.25) is 31.2 Å². The zero-order chi connectivity index (χ0) is 53.6. The molecule has 0 spiro atoms. The predicted molar refractivity (Wildman–Crippen MR) is 240 cm³/mol. The monoisotopic (exact) mass is 1600 g/mol. The van der Waals surface area contributed by atoms with Crippen molar-refractivity contribution in [3.8, 4) is 0 Å². The van der Waals surface area contributed by atoms with Gasteiger partial charge in [-0.05, 0) is 165 Å². The van der Waals surface area contributed by atoms with Crippen LogP contribution in [0.3, 0.4) is 0 Å². The third kappa shape index (κ3) is 40.7. The molecule has 0 aliphatic rings. The average Bonchev–Trinajstić information content (AvgIpc) is 3.08. The minimum absolute atomic E-state index is 0. The number of alkyl halides is 14. The molecule has 52 heteroatoms. The van der Waals surface area contributed by atoms with Crippen LogP contribution in [0.2, 0.25) is 0 Å². The van der Waals surface area contributed by atoms with Crippen LogP contribution in [0.1, 0.15) is 0 Å². The largest absolute Gasteiger partial charge is 4.00 e. The van der Waals surface area contributed by atoms with Gasteiger partial charge in [0, 0.05) is 0 Å². The summed E-state index contributed by atoms with van der Waals surface area (Å²) >= 11 is 138. The van der Waals surface area contributed by atoms with Gasteiger partial charge in [-0.3, -0.25) is 0 Å². The van der Waals surface area contributed by atoms with Crippen LogP contribution in [0, 0.1) is 0 Å². The molecular formula is C14H2AlCl28N7O15Zr. The van der Waals surface area contributed by atoms with Crippen LogP contribution in [0.4, 0.5) is 0 Å². The molecule has 0 aromatic carbocycles. The Morgan fingerprint density at radius 3 is 0.288 bits per heavy atom. The van der Waals surface area contributed by atoms with E-state index in [1.165, 1.54) is 0 Å². The van der Waals surface area contributed by atoms with E-state index in [4.69, 9.17) is 327 Å². The molecule has 22 nitrogen and oxygen atoms in total. The summed E-state index contributed by atoms with van der Waals surface area (Å²) in [5.74, 6) is -12.5. The van der Waals surface area contributed by atoms with Crippen molar-refractivity contribution < 1.29 is 101 Å². The van der Waals surface area contributed by atoms with Gasteiger partial charge in [0.25, 0.3) is 0 Å². The van der Waals surface area contributed by atoms with Crippen molar-refractivity contribution in [3.63, 3.8) is 0 Å². The maximum atomic E-state index is 9.88. The van der Waals surface area contributed by atoms with Gasteiger partial charge in [0.15, 0.2) is 0 Å². The van der Waals surface area contributed by atoms with E-state index in [9.17, 15) is 69.3 Å².